The number of halogens is 1. The number of rotatable bonds is 3. The van der Waals surface area contributed by atoms with E-state index in [0.717, 1.165) is 0 Å². The van der Waals surface area contributed by atoms with Crippen LogP contribution in [0.25, 0.3) is 6.08 Å². The molecule has 16 heavy (non-hydrogen) atoms. The summed E-state index contributed by atoms with van der Waals surface area (Å²) in [4.78, 5) is 14.7. The molecule has 0 aromatic carbocycles. The fraction of sp³-hybridized carbons (Fsp3) is 0.182. The summed E-state index contributed by atoms with van der Waals surface area (Å²) in [6.45, 7) is 0. The van der Waals surface area contributed by atoms with Crippen molar-refractivity contribution in [1.29, 1.82) is 5.26 Å². The molecule has 0 unspecified atom stereocenters. The van der Waals surface area contributed by atoms with Crippen LogP contribution in [0.3, 0.4) is 0 Å². The SMILES string of the molecule is COC(=O)CC=Cc1cc(C#N)cnc1Cl. The van der Waals surface area contributed by atoms with Gasteiger partial charge in [0.15, 0.2) is 0 Å². The maximum absolute atomic E-state index is 10.8. The quantitative estimate of drug-likeness (QED) is 0.596. The molecule has 1 aromatic heterocycles. The number of hydrogen-bond acceptors (Lipinski definition) is 4. The lowest BCUT2D eigenvalue weighted by molar-refractivity contribution is -0.139. The van der Waals surface area contributed by atoms with Crippen LogP contribution in [-0.4, -0.2) is 18.1 Å². The summed E-state index contributed by atoms with van der Waals surface area (Å²) in [5.74, 6) is -0.336. The van der Waals surface area contributed by atoms with E-state index in [0.29, 0.717) is 16.3 Å². The number of esters is 1. The molecule has 0 saturated carbocycles. The third-order valence-electron chi connectivity index (χ3n) is 1.80. The largest absolute Gasteiger partial charge is 0.469 e. The van der Waals surface area contributed by atoms with Crippen LogP contribution in [-0.2, 0) is 9.53 Å². The number of aromatic nitrogens is 1. The topological polar surface area (TPSA) is 63.0 Å². The van der Waals surface area contributed by atoms with E-state index in [-0.39, 0.29) is 12.4 Å². The Kier molecular flexibility index (Phi) is 4.49. The third kappa shape index (κ3) is 3.37. The smallest absolute Gasteiger partial charge is 0.309 e. The molecule has 0 radical (unpaired) electrons. The monoisotopic (exact) mass is 236 g/mol. The molecule has 0 aliphatic carbocycles. The van der Waals surface area contributed by atoms with Gasteiger partial charge in [-0.05, 0) is 6.07 Å². The molecule has 1 heterocycles. The van der Waals surface area contributed by atoms with Gasteiger partial charge >= 0.3 is 5.97 Å². The summed E-state index contributed by atoms with van der Waals surface area (Å²) in [5, 5.41) is 8.97. The number of pyridine rings is 1. The Labute approximate surface area is 98.1 Å². The van der Waals surface area contributed by atoms with Gasteiger partial charge in [-0.2, -0.15) is 5.26 Å². The van der Waals surface area contributed by atoms with E-state index in [1.54, 1.807) is 18.2 Å². The molecular weight excluding hydrogens is 228 g/mol. The predicted molar refractivity (Wildman–Crippen MR) is 59.6 cm³/mol. The molecule has 0 aliphatic heterocycles. The maximum Gasteiger partial charge on any atom is 0.309 e. The zero-order chi connectivity index (χ0) is 12.0. The fourth-order valence-electron chi connectivity index (χ4n) is 1.01. The highest BCUT2D eigenvalue weighted by molar-refractivity contribution is 6.30. The Morgan fingerprint density at radius 3 is 3.12 bits per heavy atom. The average Bonchev–Trinajstić information content (AvgIpc) is 2.31. The summed E-state index contributed by atoms with van der Waals surface area (Å²) in [6, 6.07) is 3.56. The molecule has 0 bridgehead atoms. The third-order valence-corrected chi connectivity index (χ3v) is 2.12. The highest BCUT2D eigenvalue weighted by Gasteiger charge is 2.00. The second-order valence-electron chi connectivity index (χ2n) is 2.90. The zero-order valence-electron chi connectivity index (χ0n) is 8.61. The first-order valence-electron chi connectivity index (χ1n) is 4.46. The molecule has 0 N–H and O–H groups in total. The van der Waals surface area contributed by atoms with Crippen LogP contribution in [0.1, 0.15) is 17.5 Å². The summed E-state index contributed by atoms with van der Waals surface area (Å²) in [5.41, 5.74) is 1.02. The Hall–Kier alpha value is -1.86. The normalized spacial score (nSPS) is 10.1. The van der Waals surface area contributed by atoms with Crippen molar-refractivity contribution in [2.24, 2.45) is 0 Å². The first kappa shape index (κ1) is 12.2. The molecule has 0 saturated heterocycles. The van der Waals surface area contributed by atoms with Crippen LogP contribution in [0.5, 0.6) is 0 Å². The Balaban J connectivity index is 2.80. The molecule has 0 fully saturated rings. The number of carbonyl (C=O) groups is 1. The minimum Gasteiger partial charge on any atom is -0.469 e. The number of carbonyl (C=O) groups excluding carboxylic acids is 1. The molecule has 0 spiro atoms. The van der Waals surface area contributed by atoms with Gasteiger partial charge in [-0.3, -0.25) is 4.79 Å². The van der Waals surface area contributed by atoms with E-state index in [1.165, 1.54) is 13.3 Å². The standard InChI is InChI=1S/C11H9ClN2O2/c1-16-10(15)4-2-3-9-5-8(6-13)7-14-11(9)12/h2-3,5,7H,4H2,1H3. The van der Waals surface area contributed by atoms with Crippen molar-refractivity contribution in [3.8, 4) is 6.07 Å². The highest BCUT2D eigenvalue weighted by atomic mass is 35.5. The molecule has 1 aromatic rings. The Bertz CT molecular complexity index is 464. The number of methoxy groups -OCH3 is 1. The van der Waals surface area contributed by atoms with Gasteiger partial charge in [0.25, 0.3) is 0 Å². The van der Waals surface area contributed by atoms with Gasteiger partial charge in [-0.15, -0.1) is 0 Å². The minimum atomic E-state index is -0.336. The fourth-order valence-corrected chi connectivity index (χ4v) is 1.17. The van der Waals surface area contributed by atoms with Gasteiger partial charge < -0.3 is 4.74 Å². The van der Waals surface area contributed by atoms with Crippen molar-refractivity contribution in [2.75, 3.05) is 7.11 Å². The second-order valence-corrected chi connectivity index (χ2v) is 3.26. The molecule has 0 aliphatic rings. The van der Waals surface area contributed by atoms with E-state index in [1.807, 2.05) is 6.07 Å². The molecule has 5 heteroatoms. The van der Waals surface area contributed by atoms with Crippen molar-refractivity contribution in [3.05, 3.63) is 34.6 Å². The van der Waals surface area contributed by atoms with Gasteiger partial charge in [0.1, 0.15) is 11.2 Å². The number of hydrogen-bond donors (Lipinski definition) is 0. The van der Waals surface area contributed by atoms with Crippen molar-refractivity contribution in [3.63, 3.8) is 0 Å². The van der Waals surface area contributed by atoms with E-state index < -0.39 is 0 Å². The van der Waals surface area contributed by atoms with Crippen LogP contribution >= 0.6 is 11.6 Å². The van der Waals surface area contributed by atoms with Gasteiger partial charge in [0.2, 0.25) is 0 Å². The van der Waals surface area contributed by atoms with Crippen molar-refractivity contribution >= 4 is 23.6 Å². The van der Waals surface area contributed by atoms with Crippen LogP contribution in [0.4, 0.5) is 0 Å². The zero-order valence-corrected chi connectivity index (χ0v) is 9.36. The van der Waals surface area contributed by atoms with Crippen LogP contribution in [0.15, 0.2) is 18.3 Å². The average molecular weight is 237 g/mol. The lowest BCUT2D eigenvalue weighted by Gasteiger charge is -1.97. The van der Waals surface area contributed by atoms with Crippen LogP contribution < -0.4 is 0 Å². The van der Waals surface area contributed by atoms with Crippen molar-refractivity contribution in [1.82, 2.24) is 4.98 Å². The van der Waals surface area contributed by atoms with Crippen LogP contribution in [0.2, 0.25) is 5.15 Å². The van der Waals surface area contributed by atoms with E-state index in [9.17, 15) is 4.79 Å². The summed E-state index contributed by atoms with van der Waals surface area (Å²) in [6.07, 6.45) is 4.78. The minimum absolute atomic E-state index is 0.156. The van der Waals surface area contributed by atoms with Gasteiger partial charge in [-0.1, -0.05) is 23.8 Å². The first-order chi connectivity index (χ1) is 7.67. The lowest BCUT2D eigenvalue weighted by Crippen LogP contribution is -1.96. The summed E-state index contributed by atoms with van der Waals surface area (Å²) in [7, 11) is 1.32. The highest BCUT2D eigenvalue weighted by Crippen LogP contribution is 2.15. The molecule has 0 amide bonds. The number of nitrogens with zero attached hydrogens (tertiary/aromatic N) is 2. The van der Waals surface area contributed by atoms with E-state index in [2.05, 4.69) is 9.72 Å². The molecule has 4 nitrogen and oxygen atoms in total. The van der Waals surface area contributed by atoms with Crippen molar-refractivity contribution < 1.29 is 9.53 Å². The van der Waals surface area contributed by atoms with Gasteiger partial charge in [0.05, 0.1) is 19.1 Å². The number of nitriles is 1. The Morgan fingerprint density at radius 2 is 2.50 bits per heavy atom. The van der Waals surface area contributed by atoms with Crippen LogP contribution in [0, 0.1) is 11.3 Å². The first-order valence-corrected chi connectivity index (χ1v) is 4.84. The van der Waals surface area contributed by atoms with Crippen molar-refractivity contribution in [2.45, 2.75) is 6.42 Å². The van der Waals surface area contributed by atoms with Gasteiger partial charge in [0, 0.05) is 11.8 Å². The molecule has 82 valence electrons. The number of ether oxygens (including phenoxy) is 1. The van der Waals surface area contributed by atoms with E-state index in [4.69, 9.17) is 16.9 Å². The lowest BCUT2D eigenvalue weighted by atomic mass is 10.2. The Morgan fingerprint density at radius 1 is 1.75 bits per heavy atom. The molecular formula is C11H9ClN2O2. The maximum atomic E-state index is 10.8. The van der Waals surface area contributed by atoms with Gasteiger partial charge in [-0.25, -0.2) is 4.98 Å². The second kappa shape index (κ2) is 5.89. The van der Waals surface area contributed by atoms with E-state index >= 15 is 0 Å². The molecule has 0 atom stereocenters. The predicted octanol–water partition coefficient (Wildman–Crippen LogP) is 2.18. The summed E-state index contributed by atoms with van der Waals surface area (Å²) < 4.78 is 4.47. The molecule has 1 rings (SSSR count). The summed E-state index contributed by atoms with van der Waals surface area (Å²) >= 11 is 5.81.